The van der Waals surface area contributed by atoms with Crippen molar-refractivity contribution in [2.75, 3.05) is 25.6 Å². The normalized spacial score (nSPS) is 19.0. The first-order chi connectivity index (χ1) is 13.4. The molecule has 0 amide bonds. The Balaban J connectivity index is 1.50. The van der Waals surface area contributed by atoms with E-state index in [1.54, 1.807) is 7.11 Å². The first-order valence-electron chi connectivity index (χ1n) is 9.28. The third-order valence-corrected chi connectivity index (χ3v) is 5.00. The van der Waals surface area contributed by atoms with Crippen molar-refractivity contribution < 1.29 is 18.9 Å². The molecule has 0 saturated carbocycles. The van der Waals surface area contributed by atoms with E-state index in [9.17, 15) is 0 Å². The van der Waals surface area contributed by atoms with Crippen LogP contribution in [0.2, 0.25) is 0 Å². The van der Waals surface area contributed by atoms with Crippen LogP contribution in [-0.2, 0) is 0 Å². The number of rotatable bonds is 3. The highest BCUT2D eigenvalue weighted by molar-refractivity contribution is 7.80. The Labute approximate surface area is 170 Å². The van der Waals surface area contributed by atoms with Gasteiger partial charge in [-0.3, -0.25) is 0 Å². The number of methoxy groups -OCH3 is 1. The van der Waals surface area contributed by atoms with Gasteiger partial charge < -0.3 is 29.6 Å². The number of hydrogen-bond donors (Lipinski definition) is 2. The molecule has 2 aliphatic heterocycles. The molecule has 2 aromatic carbocycles. The summed E-state index contributed by atoms with van der Waals surface area (Å²) < 4.78 is 22.7. The lowest BCUT2D eigenvalue weighted by molar-refractivity contribution is 0.0693. The van der Waals surface area contributed by atoms with Gasteiger partial charge in [-0.25, -0.2) is 0 Å². The Kier molecular flexibility index (Phi) is 4.93. The van der Waals surface area contributed by atoms with E-state index in [-0.39, 0.29) is 11.6 Å². The van der Waals surface area contributed by atoms with Crippen LogP contribution in [0.1, 0.15) is 31.9 Å². The average Bonchev–Trinajstić information content (AvgIpc) is 2.66. The molecule has 148 valence electrons. The topological polar surface area (TPSA) is 61.0 Å². The number of anilines is 1. The summed E-state index contributed by atoms with van der Waals surface area (Å²) in [5, 5.41) is 7.21. The van der Waals surface area contributed by atoms with Crippen LogP contribution in [0.25, 0.3) is 0 Å². The minimum Gasteiger partial charge on any atom is -0.497 e. The van der Waals surface area contributed by atoms with Crippen molar-refractivity contribution in [3.05, 3.63) is 42.0 Å². The van der Waals surface area contributed by atoms with E-state index in [0.29, 0.717) is 18.3 Å². The van der Waals surface area contributed by atoms with Crippen molar-refractivity contribution in [1.82, 2.24) is 5.32 Å². The van der Waals surface area contributed by atoms with Crippen molar-refractivity contribution >= 4 is 23.0 Å². The van der Waals surface area contributed by atoms with Crippen LogP contribution in [0.15, 0.2) is 36.4 Å². The molecule has 0 aliphatic carbocycles. The summed E-state index contributed by atoms with van der Waals surface area (Å²) in [5.74, 6) is 3.07. The SMILES string of the molecule is COc1ccc2c(c1)OC(C)(C)C[C@@H]2NC(=S)Nc1ccc2c(c1)OCCO2. The Morgan fingerprint density at radius 3 is 2.64 bits per heavy atom. The fraction of sp³-hybridized carbons (Fsp3) is 0.381. The summed E-state index contributed by atoms with van der Waals surface area (Å²) in [7, 11) is 1.65. The van der Waals surface area contributed by atoms with Crippen LogP contribution in [0.3, 0.4) is 0 Å². The molecule has 2 aromatic rings. The zero-order valence-corrected chi connectivity index (χ0v) is 17.0. The van der Waals surface area contributed by atoms with Crippen LogP contribution < -0.4 is 29.6 Å². The third-order valence-electron chi connectivity index (χ3n) is 4.78. The first-order valence-corrected chi connectivity index (χ1v) is 9.68. The van der Waals surface area contributed by atoms with Gasteiger partial charge in [-0.2, -0.15) is 0 Å². The predicted octanol–water partition coefficient (Wildman–Crippen LogP) is 4.06. The van der Waals surface area contributed by atoms with Gasteiger partial charge in [0, 0.05) is 29.8 Å². The highest BCUT2D eigenvalue weighted by atomic mass is 32.1. The van der Waals surface area contributed by atoms with Gasteiger partial charge in [0.2, 0.25) is 0 Å². The molecule has 0 spiro atoms. The van der Waals surface area contributed by atoms with Crippen LogP contribution in [0.4, 0.5) is 5.69 Å². The first kappa shape index (κ1) is 18.7. The number of benzene rings is 2. The minimum atomic E-state index is -0.316. The second-order valence-corrected chi connectivity index (χ2v) is 7.89. The second kappa shape index (κ2) is 7.39. The Hall–Kier alpha value is -2.67. The van der Waals surface area contributed by atoms with Crippen LogP contribution in [0, 0.1) is 0 Å². The van der Waals surface area contributed by atoms with Crippen molar-refractivity contribution in [3.63, 3.8) is 0 Å². The molecule has 0 aromatic heterocycles. The maximum atomic E-state index is 6.14. The third kappa shape index (κ3) is 3.94. The molecule has 0 bridgehead atoms. The molecule has 7 heteroatoms. The Morgan fingerprint density at radius 2 is 1.86 bits per heavy atom. The maximum Gasteiger partial charge on any atom is 0.171 e. The molecule has 0 saturated heterocycles. The molecule has 0 unspecified atom stereocenters. The van der Waals surface area contributed by atoms with Gasteiger partial charge in [-0.1, -0.05) is 0 Å². The molecular weight excluding hydrogens is 376 g/mol. The standard InChI is InChI=1S/C21H24N2O4S/c1-21(2)12-16(15-6-5-14(24-3)11-18(15)27-21)23-20(28)22-13-4-7-17-19(10-13)26-9-8-25-17/h4-7,10-11,16H,8-9,12H2,1-3H3,(H2,22,23,28)/t16-/m0/s1. The van der Waals surface area contributed by atoms with E-state index in [1.165, 1.54) is 0 Å². The molecule has 28 heavy (non-hydrogen) atoms. The van der Waals surface area contributed by atoms with Crippen LogP contribution in [0.5, 0.6) is 23.0 Å². The van der Waals surface area contributed by atoms with Crippen molar-refractivity contribution in [3.8, 4) is 23.0 Å². The van der Waals surface area contributed by atoms with Crippen LogP contribution >= 0.6 is 12.2 Å². The number of ether oxygens (including phenoxy) is 4. The molecule has 6 nitrogen and oxygen atoms in total. The molecule has 2 heterocycles. The summed E-state index contributed by atoms with van der Waals surface area (Å²) in [5.41, 5.74) is 1.60. The molecule has 2 N–H and O–H groups in total. The Bertz CT molecular complexity index is 900. The van der Waals surface area contributed by atoms with Gasteiger partial charge >= 0.3 is 0 Å². The summed E-state index contributed by atoms with van der Waals surface area (Å²) in [4.78, 5) is 0. The lowest BCUT2D eigenvalue weighted by atomic mass is 9.89. The second-order valence-electron chi connectivity index (χ2n) is 7.48. The summed E-state index contributed by atoms with van der Waals surface area (Å²) in [6, 6.07) is 11.6. The quantitative estimate of drug-likeness (QED) is 0.754. The lowest BCUT2D eigenvalue weighted by Gasteiger charge is -2.38. The van der Waals surface area contributed by atoms with Gasteiger partial charge in [0.15, 0.2) is 16.6 Å². The van der Waals surface area contributed by atoms with E-state index in [1.807, 2.05) is 36.4 Å². The number of nitrogens with one attached hydrogen (secondary N) is 2. The zero-order valence-electron chi connectivity index (χ0n) is 16.2. The molecule has 4 rings (SSSR count). The summed E-state index contributed by atoms with van der Waals surface area (Å²) >= 11 is 5.56. The average molecular weight is 401 g/mol. The zero-order chi connectivity index (χ0) is 19.7. The fourth-order valence-electron chi connectivity index (χ4n) is 3.53. The fourth-order valence-corrected chi connectivity index (χ4v) is 3.79. The largest absolute Gasteiger partial charge is 0.497 e. The highest BCUT2D eigenvalue weighted by Gasteiger charge is 2.34. The number of fused-ring (bicyclic) bond motifs is 2. The Morgan fingerprint density at radius 1 is 1.07 bits per heavy atom. The summed E-state index contributed by atoms with van der Waals surface area (Å²) in [6.45, 7) is 5.27. The predicted molar refractivity (Wildman–Crippen MR) is 112 cm³/mol. The van der Waals surface area contributed by atoms with Crippen LogP contribution in [-0.4, -0.2) is 31.0 Å². The van der Waals surface area contributed by atoms with E-state index in [0.717, 1.165) is 40.7 Å². The van der Waals surface area contributed by atoms with E-state index in [4.69, 9.17) is 31.2 Å². The smallest absolute Gasteiger partial charge is 0.171 e. The van der Waals surface area contributed by atoms with Gasteiger partial charge in [0.05, 0.1) is 13.2 Å². The molecule has 0 fully saturated rings. The highest BCUT2D eigenvalue weighted by Crippen LogP contribution is 2.41. The van der Waals surface area contributed by atoms with Gasteiger partial charge in [0.1, 0.15) is 30.3 Å². The van der Waals surface area contributed by atoms with E-state index < -0.39 is 0 Å². The molecule has 0 radical (unpaired) electrons. The van der Waals surface area contributed by atoms with Gasteiger partial charge in [-0.15, -0.1) is 0 Å². The number of thiocarbonyl (C=S) groups is 1. The molecule has 1 atom stereocenters. The van der Waals surface area contributed by atoms with Crippen molar-refractivity contribution in [1.29, 1.82) is 0 Å². The summed E-state index contributed by atoms with van der Waals surface area (Å²) in [6.07, 6.45) is 0.787. The van der Waals surface area contributed by atoms with E-state index in [2.05, 4.69) is 24.5 Å². The maximum absolute atomic E-state index is 6.14. The van der Waals surface area contributed by atoms with E-state index >= 15 is 0 Å². The van der Waals surface area contributed by atoms with Crippen molar-refractivity contribution in [2.24, 2.45) is 0 Å². The number of hydrogen-bond acceptors (Lipinski definition) is 5. The minimum absolute atomic E-state index is 0.0295. The van der Waals surface area contributed by atoms with Gasteiger partial charge in [0.25, 0.3) is 0 Å². The molecule has 2 aliphatic rings. The van der Waals surface area contributed by atoms with Crippen molar-refractivity contribution in [2.45, 2.75) is 31.9 Å². The monoisotopic (exact) mass is 400 g/mol. The molecular formula is C21H24N2O4S. The van der Waals surface area contributed by atoms with Gasteiger partial charge in [-0.05, 0) is 50.3 Å². The lowest BCUT2D eigenvalue weighted by Crippen LogP contribution is -2.42.